The normalized spacial score (nSPS) is 11.0. The highest BCUT2D eigenvalue weighted by molar-refractivity contribution is 6.04. The smallest absolute Gasteiger partial charge is 0.339 e. The topological polar surface area (TPSA) is 113 Å². The Morgan fingerprint density at radius 3 is 2.58 bits per heavy atom. The Kier molecular flexibility index (Phi) is 5.27. The van der Waals surface area contributed by atoms with Crippen molar-refractivity contribution in [1.29, 1.82) is 0 Å². The van der Waals surface area contributed by atoms with E-state index < -0.39 is 5.97 Å². The molecule has 9 heteroatoms. The Bertz CT molecular complexity index is 1440. The fraction of sp³-hybridized carbons (Fsp3) is 0.125. The summed E-state index contributed by atoms with van der Waals surface area (Å²) in [5.41, 5.74) is 3.17. The number of rotatable bonds is 6. The van der Waals surface area contributed by atoms with Crippen molar-refractivity contribution >= 4 is 17.1 Å². The summed E-state index contributed by atoms with van der Waals surface area (Å²) in [7, 11) is 1.56. The van der Waals surface area contributed by atoms with E-state index in [4.69, 9.17) is 18.5 Å². The summed E-state index contributed by atoms with van der Waals surface area (Å²) >= 11 is 0. The van der Waals surface area contributed by atoms with E-state index in [0.717, 1.165) is 5.56 Å². The zero-order valence-corrected chi connectivity index (χ0v) is 17.8. The van der Waals surface area contributed by atoms with Crippen LogP contribution >= 0.6 is 0 Å². The minimum atomic E-state index is -0.581. The van der Waals surface area contributed by atoms with Crippen molar-refractivity contribution in [2.75, 3.05) is 7.11 Å². The van der Waals surface area contributed by atoms with E-state index in [1.165, 1.54) is 0 Å². The molecule has 0 saturated carbocycles. The number of fused-ring (bicyclic) bond motifs is 1. The van der Waals surface area contributed by atoms with Crippen LogP contribution in [0.25, 0.3) is 33.7 Å². The van der Waals surface area contributed by atoms with E-state index in [1.54, 1.807) is 26.2 Å². The van der Waals surface area contributed by atoms with Gasteiger partial charge in [-0.15, -0.1) is 0 Å². The third-order valence-corrected chi connectivity index (χ3v) is 5.05. The van der Waals surface area contributed by atoms with Gasteiger partial charge in [-0.2, -0.15) is 4.98 Å². The van der Waals surface area contributed by atoms with Crippen molar-refractivity contribution < 1.29 is 23.3 Å². The first-order chi connectivity index (χ1) is 16.1. The molecule has 0 bridgehead atoms. The Labute approximate surface area is 188 Å². The minimum Gasteiger partial charge on any atom is -0.496 e. The molecule has 0 unspecified atom stereocenters. The van der Waals surface area contributed by atoms with Gasteiger partial charge in [-0.25, -0.2) is 9.78 Å². The Hall–Kier alpha value is -4.53. The third kappa shape index (κ3) is 3.91. The van der Waals surface area contributed by atoms with Gasteiger partial charge < -0.3 is 18.5 Å². The molecule has 0 N–H and O–H groups in total. The number of aromatic nitrogens is 4. The predicted molar refractivity (Wildman–Crippen MR) is 117 cm³/mol. The van der Waals surface area contributed by atoms with Crippen LogP contribution in [0.1, 0.15) is 21.9 Å². The lowest BCUT2D eigenvalue weighted by atomic mass is 10.1. The molecular weight excluding hydrogens is 424 g/mol. The molecule has 0 spiro atoms. The zero-order valence-electron chi connectivity index (χ0n) is 17.8. The summed E-state index contributed by atoms with van der Waals surface area (Å²) in [6.07, 6.45) is 0. The number of carbonyl (C=O) groups excluding carboxylic acids is 1. The van der Waals surface area contributed by atoms with Crippen LogP contribution in [0.2, 0.25) is 0 Å². The molecule has 0 radical (unpaired) electrons. The molecule has 0 amide bonds. The first-order valence-corrected chi connectivity index (χ1v) is 10.1. The molecule has 3 heterocycles. The predicted octanol–water partition coefficient (Wildman–Crippen LogP) is 4.61. The number of carbonyl (C=O) groups is 1. The van der Waals surface area contributed by atoms with Crippen LogP contribution in [0.4, 0.5) is 0 Å². The number of nitrogens with zero attached hydrogens (tertiary/aromatic N) is 4. The number of hydrogen-bond donors (Lipinski definition) is 0. The summed E-state index contributed by atoms with van der Waals surface area (Å²) in [5.74, 6) is 0.520. The Balaban J connectivity index is 1.41. The lowest BCUT2D eigenvalue weighted by Gasteiger charge is -2.06. The molecule has 9 nitrogen and oxygen atoms in total. The number of benzene rings is 2. The molecule has 33 heavy (non-hydrogen) atoms. The maximum absolute atomic E-state index is 13.0. The Morgan fingerprint density at radius 2 is 1.76 bits per heavy atom. The molecule has 0 aliphatic carbocycles. The molecule has 0 saturated heterocycles. The average molecular weight is 442 g/mol. The summed E-state index contributed by atoms with van der Waals surface area (Å²) in [5, 5.41) is 8.41. The van der Waals surface area contributed by atoms with Gasteiger partial charge >= 0.3 is 5.97 Å². The molecule has 2 aromatic carbocycles. The number of esters is 1. The van der Waals surface area contributed by atoms with E-state index in [-0.39, 0.29) is 18.2 Å². The van der Waals surface area contributed by atoms with Crippen LogP contribution in [0.5, 0.6) is 5.75 Å². The van der Waals surface area contributed by atoms with Crippen LogP contribution in [-0.2, 0) is 11.3 Å². The first kappa shape index (κ1) is 20.4. The van der Waals surface area contributed by atoms with Gasteiger partial charge in [-0.05, 0) is 25.1 Å². The molecule has 5 rings (SSSR count). The second-order valence-corrected chi connectivity index (χ2v) is 7.16. The molecule has 3 aromatic heterocycles. The van der Waals surface area contributed by atoms with Crippen molar-refractivity contribution in [2.24, 2.45) is 0 Å². The van der Waals surface area contributed by atoms with Gasteiger partial charge in [0.2, 0.25) is 5.82 Å². The SMILES string of the molecule is COc1ccccc1-c1noc(COC(=O)c2cc(-c3ccccc3)nc3onc(C)c23)n1. The second-order valence-electron chi connectivity index (χ2n) is 7.16. The zero-order chi connectivity index (χ0) is 22.8. The molecule has 0 fully saturated rings. The maximum atomic E-state index is 13.0. The van der Waals surface area contributed by atoms with Crippen molar-refractivity contribution in [3.05, 3.63) is 77.8 Å². The molecule has 0 atom stereocenters. The monoisotopic (exact) mass is 442 g/mol. The molecular formula is C24H18N4O5. The molecule has 0 aliphatic heterocycles. The quantitative estimate of drug-likeness (QED) is 0.348. The van der Waals surface area contributed by atoms with Gasteiger partial charge in [0, 0.05) is 5.56 Å². The Morgan fingerprint density at radius 1 is 0.970 bits per heavy atom. The van der Waals surface area contributed by atoms with Gasteiger partial charge in [-0.3, -0.25) is 0 Å². The highest BCUT2D eigenvalue weighted by Gasteiger charge is 2.21. The van der Waals surface area contributed by atoms with Gasteiger partial charge in [-0.1, -0.05) is 52.8 Å². The summed E-state index contributed by atoms with van der Waals surface area (Å²) in [4.78, 5) is 21.8. The number of ether oxygens (including phenoxy) is 2. The summed E-state index contributed by atoms with van der Waals surface area (Å²) in [6.45, 7) is 1.54. The van der Waals surface area contributed by atoms with Crippen LogP contribution in [-0.4, -0.2) is 33.4 Å². The van der Waals surface area contributed by atoms with Crippen LogP contribution < -0.4 is 4.74 Å². The minimum absolute atomic E-state index is 0.153. The van der Waals surface area contributed by atoms with E-state index in [9.17, 15) is 4.79 Å². The number of pyridine rings is 1. The lowest BCUT2D eigenvalue weighted by Crippen LogP contribution is -2.07. The number of aryl methyl sites for hydroxylation is 1. The van der Waals surface area contributed by atoms with Gasteiger partial charge in [0.15, 0.2) is 6.61 Å². The molecule has 164 valence electrons. The van der Waals surface area contributed by atoms with Crippen LogP contribution in [0, 0.1) is 6.92 Å². The summed E-state index contributed by atoms with van der Waals surface area (Å²) in [6, 6.07) is 18.4. The van der Waals surface area contributed by atoms with Crippen molar-refractivity contribution in [3.8, 4) is 28.4 Å². The standard InChI is InChI=1S/C24H18N4O5/c1-14-21-17(12-18(25-23(21)33-27-14)15-8-4-3-5-9-15)24(29)31-13-20-26-22(28-32-20)16-10-6-7-11-19(16)30-2/h3-12H,13H2,1-2H3. The van der Waals surface area contributed by atoms with E-state index in [2.05, 4.69) is 20.3 Å². The number of methoxy groups -OCH3 is 1. The highest BCUT2D eigenvalue weighted by atomic mass is 16.6. The summed E-state index contributed by atoms with van der Waals surface area (Å²) < 4.78 is 21.4. The molecule has 5 aromatic rings. The maximum Gasteiger partial charge on any atom is 0.339 e. The van der Waals surface area contributed by atoms with Gasteiger partial charge in [0.05, 0.1) is 35.0 Å². The van der Waals surface area contributed by atoms with Crippen molar-refractivity contribution in [2.45, 2.75) is 13.5 Å². The third-order valence-electron chi connectivity index (χ3n) is 5.05. The fourth-order valence-corrected chi connectivity index (χ4v) is 3.47. The second kappa shape index (κ2) is 8.54. The van der Waals surface area contributed by atoms with E-state index in [0.29, 0.717) is 39.5 Å². The van der Waals surface area contributed by atoms with E-state index >= 15 is 0 Å². The van der Waals surface area contributed by atoms with Gasteiger partial charge in [0.25, 0.3) is 11.6 Å². The first-order valence-electron chi connectivity index (χ1n) is 10.1. The van der Waals surface area contributed by atoms with Crippen LogP contribution in [0.3, 0.4) is 0 Å². The largest absolute Gasteiger partial charge is 0.496 e. The molecule has 0 aliphatic rings. The van der Waals surface area contributed by atoms with Gasteiger partial charge in [0.1, 0.15) is 5.75 Å². The van der Waals surface area contributed by atoms with Crippen molar-refractivity contribution in [1.82, 2.24) is 20.3 Å². The van der Waals surface area contributed by atoms with Crippen LogP contribution in [0.15, 0.2) is 69.7 Å². The van der Waals surface area contributed by atoms with Crippen molar-refractivity contribution in [3.63, 3.8) is 0 Å². The number of hydrogen-bond acceptors (Lipinski definition) is 9. The lowest BCUT2D eigenvalue weighted by molar-refractivity contribution is 0.0432. The average Bonchev–Trinajstić information content (AvgIpc) is 3.49. The highest BCUT2D eigenvalue weighted by Crippen LogP contribution is 2.29. The fourth-order valence-electron chi connectivity index (χ4n) is 3.47. The van der Waals surface area contributed by atoms with E-state index in [1.807, 2.05) is 48.5 Å². The number of para-hydroxylation sites is 1.